The van der Waals surface area contributed by atoms with Gasteiger partial charge in [-0.15, -0.1) is 0 Å². The molecule has 0 rings (SSSR count). The van der Waals surface area contributed by atoms with Crippen LogP contribution in [0.4, 0.5) is 0 Å². The van der Waals surface area contributed by atoms with Crippen molar-refractivity contribution in [1.82, 2.24) is 20.0 Å². The first-order chi connectivity index (χ1) is 39.6. The van der Waals surface area contributed by atoms with E-state index in [1.54, 1.807) is 0 Å². The van der Waals surface area contributed by atoms with E-state index in [1.165, 1.54) is 49.8 Å². The van der Waals surface area contributed by atoms with Gasteiger partial charge in [0.25, 0.3) is 0 Å². The predicted molar refractivity (Wildman–Crippen MR) is 301 cm³/mol. The highest BCUT2D eigenvalue weighted by molar-refractivity contribution is 7.45. The molecule has 0 saturated heterocycles. The van der Waals surface area contributed by atoms with E-state index in [9.17, 15) is 9.59 Å². The smallest absolute Gasteiger partial charge is 0.322 e. The first kappa shape index (κ1) is 62.8. The van der Waals surface area contributed by atoms with Gasteiger partial charge in [0.2, 0.25) is 19.0 Å². The van der Waals surface area contributed by atoms with Crippen LogP contribution in [-0.4, -0.2) is 202 Å². The average Bonchev–Trinajstić information content (AvgIpc) is 3.49. The Morgan fingerprint density at radius 2 is 0.931 bits per heavy atom. The van der Waals surface area contributed by atoms with Crippen LogP contribution in [-0.2, 0) is 41.9 Å². The third kappa shape index (κ3) is 44.5. The van der Waals surface area contributed by atoms with Crippen molar-refractivity contribution in [1.29, 1.82) is 7.16 Å². The van der Waals surface area contributed by atoms with Crippen molar-refractivity contribution in [3.05, 3.63) is 0 Å². The summed E-state index contributed by atoms with van der Waals surface area (Å²) in [7, 11) is 3.24. The number of carbonyl (C=O) groups excluding carboxylic acids is 2. The summed E-state index contributed by atoms with van der Waals surface area (Å²) in [5.74, 6) is -0.264. The van der Waals surface area contributed by atoms with Gasteiger partial charge >= 0.3 is 17.1 Å². The molecule has 2 unspecified atom stereocenters. The van der Waals surface area contributed by atoms with Gasteiger partial charge in [-0.1, -0.05) is 37.0 Å². The summed E-state index contributed by atoms with van der Waals surface area (Å²) in [5, 5.41) is 27.5. The van der Waals surface area contributed by atoms with Crippen molar-refractivity contribution in [3.63, 3.8) is 0 Å². The van der Waals surface area contributed by atoms with Crippen molar-refractivity contribution in [2.75, 3.05) is 105 Å². The molecule has 0 bridgehead atoms. The van der Waals surface area contributed by atoms with Crippen molar-refractivity contribution in [2.45, 2.75) is 194 Å². The van der Waals surface area contributed by atoms with E-state index >= 15 is 0 Å². The van der Waals surface area contributed by atoms with Crippen molar-refractivity contribution >= 4 is 41.7 Å². The van der Waals surface area contributed by atoms with E-state index in [2.05, 4.69) is 111 Å². The maximum atomic E-state index is 12.3. The number of ether oxygens (including phenoxy) is 3. The van der Waals surface area contributed by atoms with Crippen LogP contribution in [0.1, 0.15) is 171 Å². The van der Waals surface area contributed by atoms with Crippen molar-refractivity contribution in [3.8, 4) is 0 Å². The van der Waals surface area contributed by atoms with Gasteiger partial charge in [0, 0.05) is 123 Å². The van der Waals surface area contributed by atoms with Gasteiger partial charge in [0.1, 0.15) is 6.10 Å². The zero-order valence-electron chi connectivity index (χ0n) is 57.6. The maximum Gasteiger partial charge on any atom is 0.322 e. The van der Waals surface area contributed by atoms with Gasteiger partial charge in [-0.25, -0.2) is 9.34 Å². The van der Waals surface area contributed by atoms with Gasteiger partial charge in [-0.3, -0.25) is 19.6 Å². The molecule has 0 saturated carbocycles. The minimum absolute atomic E-state index is 0.132. The third-order valence-electron chi connectivity index (χ3n) is 9.18. The van der Waals surface area contributed by atoms with E-state index in [0.29, 0.717) is 124 Å². The van der Waals surface area contributed by atoms with Crippen LogP contribution in [0.5, 0.6) is 0 Å². The Hall–Kier alpha value is -1.74. The van der Waals surface area contributed by atoms with Gasteiger partial charge in [-0.2, -0.15) is 0 Å². The first-order valence-corrected chi connectivity index (χ1v) is 26.3. The minimum atomic E-state index is -1.54. The average molecular weight is 1100 g/mol. The van der Waals surface area contributed by atoms with E-state index in [-0.39, 0.29) is 75.5 Å². The number of carbonyl (C=O) groups is 2. The molecule has 0 aliphatic heterocycles. The summed E-state index contributed by atoms with van der Waals surface area (Å²) in [5.41, 5.74) is -0.656. The Morgan fingerprint density at radius 3 is 1.28 bits per heavy atom. The Kier molecular flexibility index (Phi) is 49.7. The minimum Gasteiger partial charge on any atom is -0.425 e. The van der Waals surface area contributed by atoms with E-state index in [0.717, 1.165) is 0 Å². The van der Waals surface area contributed by atoms with Gasteiger partial charge in [0.15, 0.2) is 12.8 Å². The molecule has 0 aromatic carbocycles. The molecule has 0 aromatic rings. The molecule has 0 aromatic heterocycles. The number of aliphatic hydroxyl groups is 5. The number of nitrogens with one attached hydrogen (secondary N) is 2. The SMILES string of the molecule is [2H]OCCCCC(=O)NCC(CNC(=O)CCCCO[2H])OP(OC=NCC)N(C(C)C)C(C)C.[2H]OCCCOCC(COCCCO[2H])(COCCCO[2H])COP(OC=NCC)N(C(C)C)C(C)C.[3H]C.[3H]C.[3H]C.[3H]C.[3H]C. The van der Waals surface area contributed by atoms with E-state index < -0.39 is 28.6 Å². The number of hydrogen-bond acceptors (Lipinski definition) is 18. The number of aliphatic hydroxyl groups excluding tert-OH is 5. The zero-order valence-corrected chi connectivity index (χ0v) is 49.4. The number of amides is 2. The number of hydrogen-bond donors (Lipinski definition) is 7. The lowest BCUT2D eigenvalue weighted by molar-refractivity contribution is -0.121. The lowest BCUT2D eigenvalue weighted by atomic mass is 9.92. The fourth-order valence-electron chi connectivity index (χ4n) is 6.00. The van der Waals surface area contributed by atoms with Crippen LogP contribution in [0.3, 0.4) is 0 Å². The first-order valence-electron chi connectivity index (χ1n) is 31.1. The molecule has 72 heavy (non-hydrogen) atoms. The predicted octanol–water partition coefficient (Wildman–Crippen LogP) is 8.12. The highest BCUT2D eigenvalue weighted by Crippen LogP contribution is 2.47. The summed E-state index contributed by atoms with van der Waals surface area (Å²) < 4.78 is 110. The molecule has 0 heterocycles. The maximum absolute atomic E-state index is 12.3. The Bertz CT molecular complexity index is 1260. The number of unbranched alkanes of at least 4 members (excludes halogenated alkanes) is 2. The molecule has 22 heteroatoms. The second-order valence-electron chi connectivity index (χ2n) is 16.8. The molecule has 2 atom stereocenters. The van der Waals surface area contributed by atoms with Crippen LogP contribution in [0.2, 0.25) is 0 Å². The topological polar surface area (TPSA) is 255 Å². The fourth-order valence-corrected chi connectivity index (χ4v) is 9.16. The second-order valence-corrected chi connectivity index (χ2v) is 19.6. The molecule has 2 amide bonds. The Balaban J connectivity index is -0.000000238. The quantitative estimate of drug-likeness (QED) is 0.0131. The largest absolute Gasteiger partial charge is 0.425 e. The summed E-state index contributed by atoms with van der Waals surface area (Å²) in [6, 6.07) is 0.636. The van der Waals surface area contributed by atoms with Crippen LogP contribution in [0, 0.1) is 5.41 Å². The lowest BCUT2D eigenvalue weighted by Gasteiger charge is -2.38. The summed E-state index contributed by atoms with van der Waals surface area (Å²) in [6.45, 7) is 25.9. The lowest BCUT2D eigenvalue weighted by Crippen LogP contribution is -2.43. The van der Waals surface area contributed by atoms with E-state index in [1.807, 2.05) is 13.8 Å². The number of aliphatic imine (C=N–C) groups is 2. The highest BCUT2D eigenvalue weighted by atomic mass is 31.2. The molecule has 0 radical (unpaired) electrons. The molecule has 0 aliphatic rings. The van der Waals surface area contributed by atoms with Crippen LogP contribution >= 0.6 is 17.1 Å². The van der Waals surface area contributed by atoms with Gasteiger partial charge in [-0.05, 0) is 114 Å². The van der Waals surface area contributed by atoms with E-state index in [4.69, 9.17) is 46.3 Å². The monoisotopic (exact) mass is 1100 g/mol. The van der Waals surface area contributed by atoms with Crippen LogP contribution in [0.15, 0.2) is 9.98 Å². The van der Waals surface area contributed by atoms with Crippen LogP contribution < -0.4 is 10.6 Å². The molecule has 20 nitrogen and oxygen atoms in total. The van der Waals surface area contributed by atoms with Gasteiger partial charge in [0.05, 0.1) is 31.8 Å². The normalized spacial score (nSPS) is 13.7. The van der Waals surface area contributed by atoms with Crippen molar-refractivity contribution in [2.24, 2.45) is 15.4 Å². The summed E-state index contributed by atoms with van der Waals surface area (Å²) in [4.78, 5) is 32.9. The molecule has 0 spiro atoms. The number of rotatable bonds is 49. The second kappa shape index (κ2) is 57.0. The van der Waals surface area contributed by atoms with Gasteiger partial charge < -0.3 is 68.5 Å². The summed E-state index contributed by atoms with van der Waals surface area (Å²) in [6.07, 6.45) is 7.23. The molecule has 0 fully saturated rings. The highest BCUT2D eigenvalue weighted by Gasteiger charge is 2.37. The van der Waals surface area contributed by atoms with Crippen molar-refractivity contribution < 1.29 is 74.3 Å². The summed E-state index contributed by atoms with van der Waals surface area (Å²) >= 11 is 0. The number of nitrogens with zero attached hydrogens (tertiary/aromatic N) is 4. The molecule has 7 N–H and O–H groups in total. The van der Waals surface area contributed by atoms with Crippen LogP contribution in [0.25, 0.3) is 0 Å². The zero-order chi connectivity index (χ0) is 64.3. The molecule has 0 aliphatic carbocycles. The third-order valence-corrected chi connectivity index (χ3v) is 13.2. The molecular formula is C50H114N6O14P2. The fraction of sp³-hybridized carbons (Fsp3) is 0.920. The Morgan fingerprint density at radius 1 is 0.583 bits per heavy atom. The Labute approximate surface area is 457 Å². The standard InChI is InChI=1S/C23H49N2O8P.C22H45N4O6P.5CH4/c1-6-24-20-33-34(25(21(2)3)22(4)5)32-19-23(16-29-13-7-10-26,17-30-14-8-11-27)18-31-15-9-12-28;1-6-23-17-31-33(26(18(2)3)19(4)5)32-20(15-24-21(29)11-7-9-13-27)16-25-22(30)12-8-10-14-28;;;;;/h20-22,26-28H,6-19H2,1-5H3;17-20,27-28H,6-16H2,1-5H3,(H,24,29)(H,25,30);5*1H4/i26D,27D,28D;27D,28D;5*1T. The molecule has 438 valence electrons. The molecular weight excluding hydrogens is 971 g/mol.